The first-order valence-corrected chi connectivity index (χ1v) is 11.7. The molecule has 1 N–H and O–H groups in total. The summed E-state index contributed by atoms with van der Waals surface area (Å²) in [6.45, 7) is 4.89. The SMILES string of the molecule is CCCCCOc1cccc(C(=O)Nc2cc(C)nn2-c2nc3cc4c(cc3s2)OCO4)c1. The van der Waals surface area contributed by atoms with E-state index in [1.165, 1.54) is 11.3 Å². The first-order chi connectivity index (χ1) is 16.1. The lowest BCUT2D eigenvalue weighted by molar-refractivity contribution is 0.102. The third kappa shape index (κ3) is 4.49. The zero-order valence-electron chi connectivity index (χ0n) is 18.5. The Morgan fingerprint density at radius 1 is 1.18 bits per heavy atom. The minimum atomic E-state index is -0.239. The zero-order valence-corrected chi connectivity index (χ0v) is 19.3. The molecule has 3 heterocycles. The van der Waals surface area contributed by atoms with Crippen LogP contribution in [-0.2, 0) is 0 Å². The molecule has 0 fully saturated rings. The van der Waals surface area contributed by atoms with Gasteiger partial charge in [-0.05, 0) is 31.5 Å². The molecule has 1 aliphatic rings. The van der Waals surface area contributed by atoms with Crippen molar-refractivity contribution in [3.05, 3.63) is 53.7 Å². The Labute approximate surface area is 195 Å². The van der Waals surface area contributed by atoms with E-state index in [-0.39, 0.29) is 12.7 Å². The standard InChI is InChI=1S/C24H24N4O4S/c1-3-4-5-9-30-17-8-6-7-16(11-17)23(29)26-22-10-15(2)27-28(22)24-25-18-12-19-20(32-14-31-19)13-21(18)33-24/h6-8,10-13H,3-5,9,14H2,1-2H3,(H,26,29). The number of aromatic nitrogens is 3. The maximum atomic E-state index is 13.0. The average molecular weight is 465 g/mol. The molecule has 0 bridgehead atoms. The van der Waals surface area contributed by atoms with Crippen molar-refractivity contribution in [2.45, 2.75) is 33.1 Å². The van der Waals surface area contributed by atoms with Gasteiger partial charge in [0, 0.05) is 23.8 Å². The normalized spacial score (nSPS) is 12.3. The van der Waals surface area contributed by atoms with Gasteiger partial charge in [-0.2, -0.15) is 9.78 Å². The summed E-state index contributed by atoms with van der Waals surface area (Å²) >= 11 is 1.46. The lowest BCUT2D eigenvalue weighted by Crippen LogP contribution is -2.15. The van der Waals surface area contributed by atoms with Crippen LogP contribution >= 0.6 is 11.3 Å². The van der Waals surface area contributed by atoms with E-state index in [2.05, 4.69) is 22.3 Å². The number of aryl methyl sites for hydroxylation is 1. The summed E-state index contributed by atoms with van der Waals surface area (Å²) in [7, 11) is 0. The topological polar surface area (TPSA) is 87.5 Å². The quantitative estimate of drug-likeness (QED) is 0.354. The number of ether oxygens (including phenoxy) is 3. The third-order valence-corrected chi connectivity index (χ3v) is 6.23. The number of hydrogen-bond acceptors (Lipinski definition) is 7. The summed E-state index contributed by atoms with van der Waals surface area (Å²) < 4.78 is 19.3. The lowest BCUT2D eigenvalue weighted by atomic mass is 10.2. The molecule has 0 spiro atoms. The largest absolute Gasteiger partial charge is 0.494 e. The average Bonchev–Trinajstić information content (AvgIpc) is 3.52. The van der Waals surface area contributed by atoms with Crippen molar-refractivity contribution < 1.29 is 19.0 Å². The first-order valence-electron chi connectivity index (χ1n) is 10.9. The van der Waals surface area contributed by atoms with E-state index in [0.717, 1.165) is 35.2 Å². The highest BCUT2D eigenvalue weighted by atomic mass is 32.1. The molecule has 0 unspecified atom stereocenters. The van der Waals surface area contributed by atoms with Crippen LogP contribution in [0, 0.1) is 6.92 Å². The van der Waals surface area contributed by atoms with Crippen LogP contribution in [0.15, 0.2) is 42.5 Å². The molecule has 0 saturated carbocycles. The Balaban J connectivity index is 1.36. The van der Waals surface area contributed by atoms with Gasteiger partial charge < -0.3 is 19.5 Å². The number of amides is 1. The van der Waals surface area contributed by atoms with E-state index in [1.807, 2.05) is 37.3 Å². The van der Waals surface area contributed by atoms with E-state index < -0.39 is 0 Å². The first kappa shape index (κ1) is 21.3. The number of anilines is 1. The molecule has 33 heavy (non-hydrogen) atoms. The summed E-state index contributed by atoms with van der Waals surface area (Å²) in [4.78, 5) is 17.7. The molecule has 9 heteroatoms. The highest BCUT2D eigenvalue weighted by Gasteiger charge is 2.19. The number of carbonyl (C=O) groups excluding carboxylic acids is 1. The number of nitrogens with one attached hydrogen (secondary N) is 1. The number of rotatable bonds is 8. The number of unbranched alkanes of at least 4 members (excludes halogenated alkanes) is 2. The van der Waals surface area contributed by atoms with Crippen LogP contribution in [0.2, 0.25) is 0 Å². The van der Waals surface area contributed by atoms with E-state index in [1.54, 1.807) is 16.8 Å². The highest BCUT2D eigenvalue weighted by Crippen LogP contribution is 2.39. The molecule has 8 nitrogen and oxygen atoms in total. The van der Waals surface area contributed by atoms with Gasteiger partial charge in [0.2, 0.25) is 11.9 Å². The van der Waals surface area contributed by atoms with Gasteiger partial charge >= 0.3 is 0 Å². The summed E-state index contributed by atoms with van der Waals surface area (Å²) in [5.41, 5.74) is 2.08. The van der Waals surface area contributed by atoms with Crippen molar-refractivity contribution in [2.75, 3.05) is 18.7 Å². The second-order valence-electron chi connectivity index (χ2n) is 7.79. The fourth-order valence-corrected chi connectivity index (χ4v) is 4.53. The van der Waals surface area contributed by atoms with Gasteiger partial charge in [-0.3, -0.25) is 4.79 Å². The number of hydrogen-bond donors (Lipinski definition) is 1. The predicted molar refractivity (Wildman–Crippen MR) is 127 cm³/mol. The molecule has 0 atom stereocenters. The second kappa shape index (κ2) is 9.11. The second-order valence-corrected chi connectivity index (χ2v) is 8.80. The van der Waals surface area contributed by atoms with Crippen molar-refractivity contribution in [1.29, 1.82) is 0 Å². The van der Waals surface area contributed by atoms with E-state index in [9.17, 15) is 4.79 Å². The van der Waals surface area contributed by atoms with Crippen molar-refractivity contribution in [1.82, 2.24) is 14.8 Å². The van der Waals surface area contributed by atoms with E-state index in [4.69, 9.17) is 14.2 Å². The number of benzene rings is 2. The van der Waals surface area contributed by atoms with Crippen LogP contribution in [0.5, 0.6) is 17.2 Å². The molecule has 2 aromatic carbocycles. The molecule has 0 radical (unpaired) electrons. The Hall–Kier alpha value is -3.59. The maximum absolute atomic E-state index is 13.0. The van der Waals surface area contributed by atoms with E-state index in [0.29, 0.717) is 40.4 Å². The van der Waals surface area contributed by atoms with Crippen molar-refractivity contribution in [3.8, 4) is 22.4 Å². The number of carbonyl (C=O) groups is 1. The monoisotopic (exact) mass is 464 g/mol. The minimum Gasteiger partial charge on any atom is -0.494 e. The predicted octanol–water partition coefficient (Wildman–Crippen LogP) is 5.34. The van der Waals surface area contributed by atoms with Gasteiger partial charge in [0.15, 0.2) is 11.5 Å². The van der Waals surface area contributed by atoms with Crippen LogP contribution < -0.4 is 19.5 Å². The Kier molecular flexibility index (Phi) is 5.87. The summed E-state index contributed by atoms with van der Waals surface area (Å²) in [6, 6.07) is 12.8. The van der Waals surface area contributed by atoms with E-state index >= 15 is 0 Å². The highest BCUT2D eigenvalue weighted by molar-refractivity contribution is 7.20. The van der Waals surface area contributed by atoms with Crippen molar-refractivity contribution in [2.24, 2.45) is 0 Å². The van der Waals surface area contributed by atoms with Gasteiger partial charge in [-0.15, -0.1) is 0 Å². The summed E-state index contributed by atoms with van der Waals surface area (Å²) in [5, 5.41) is 8.15. The van der Waals surface area contributed by atoms with Gasteiger partial charge in [-0.1, -0.05) is 37.2 Å². The van der Waals surface area contributed by atoms with Crippen LogP contribution in [-0.4, -0.2) is 34.1 Å². The Bertz CT molecular complexity index is 1270. The fraction of sp³-hybridized carbons (Fsp3) is 0.292. The van der Waals surface area contributed by atoms with Gasteiger partial charge in [0.1, 0.15) is 11.6 Å². The summed E-state index contributed by atoms with van der Waals surface area (Å²) in [6.07, 6.45) is 3.25. The molecule has 2 aromatic heterocycles. The maximum Gasteiger partial charge on any atom is 0.256 e. The Morgan fingerprint density at radius 3 is 2.88 bits per heavy atom. The minimum absolute atomic E-state index is 0.221. The van der Waals surface area contributed by atoms with Crippen molar-refractivity contribution in [3.63, 3.8) is 0 Å². The number of fused-ring (bicyclic) bond motifs is 2. The molecular weight excluding hydrogens is 440 g/mol. The molecular formula is C24H24N4O4S. The molecule has 0 saturated heterocycles. The molecule has 1 amide bonds. The Morgan fingerprint density at radius 2 is 2.03 bits per heavy atom. The zero-order chi connectivity index (χ0) is 22.8. The van der Waals surface area contributed by atoms with Gasteiger partial charge in [0.05, 0.1) is 22.5 Å². The molecule has 1 aliphatic heterocycles. The summed E-state index contributed by atoms with van der Waals surface area (Å²) in [5.74, 6) is 2.39. The van der Waals surface area contributed by atoms with Gasteiger partial charge in [-0.25, -0.2) is 4.98 Å². The van der Waals surface area contributed by atoms with Crippen LogP contribution in [0.1, 0.15) is 42.2 Å². The molecule has 170 valence electrons. The molecule has 0 aliphatic carbocycles. The smallest absolute Gasteiger partial charge is 0.256 e. The molecule has 5 rings (SSSR count). The van der Waals surface area contributed by atoms with Crippen LogP contribution in [0.25, 0.3) is 15.3 Å². The van der Waals surface area contributed by atoms with Crippen LogP contribution in [0.4, 0.5) is 5.82 Å². The lowest BCUT2D eigenvalue weighted by Gasteiger charge is -2.09. The number of thiazole rings is 1. The third-order valence-electron chi connectivity index (χ3n) is 5.24. The van der Waals surface area contributed by atoms with Crippen molar-refractivity contribution >= 4 is 33.3 Å². The molecule has 4 aromatic rings. The number of nitrogens with zero attached hydrogens (tertiary/aromatic N) is 3. The van der Waals surface area contributed by atoms with Gasteiger partial charge in [0.25, 0.3) is 5.91 Å². The fourth-order valence-electron chi connectivity index (χ4n) is 3.59. The van der Waals surface area contributed by atoms with Crippen LogP contribution in [0.3, 0.4) is 0 Å².